The molecule has 4 aromatic rings. The van der Waals surface area contributed by atoms with Crippen molar-refractivity contribution in [2.45, 2.75) is 0 Å². The molecule has 0 saturated heterocycles. The van der Waals surface area contributed by atoms with Crippen molar-refractivity contribution in [3.8, 4) is 11.5 Å². The van der Waals surface area contributed by atoms with E-state index in [9.17, 15) is 9.59 Å². The van der Waals surface area contributed by atoms with Crippen LogP contribution in [0.5, 0.6) is 11.5 Å². The Hall–Kier alpha value is -4.28. The van der Waals surface area contributed by atoms with E-state index < -0.39 is 11.9 Å². The Kier molecular flexibility index (Phi) is 6.06. The molecule has 0 fully saturated rings. The molecule has 2 aromatic carbocycles. The van der Waals surface area contributed by atoms with Gasteiger partial charge in [-0.05, 0) is 42.5 Å². The number of anilines is 2. The Balaban J connectivity index is 1.53. The number of carbonyl (C=O) groups excluding carboxylic acids is 2. The number of para-hydroxylation sites is 1. The lowest BCUT2D eigenvalue weighted by atomic mass is 10.3. The molecule has 3 N–H and O–H groups in total. The maximum absolute atomic E-state index is 12.6. The highest BCUT2D eigenvalue weighted by molar-refractivity contribution is 6.01. The summed E-state index contributed by atoms with van der Waals surface area (Å²) in [5.74, 6) is 6.87. The predicted octanol–water partition coefficient (Wildman–Crippen LogP) is 3.28. The van der Waals surface area contributed by atoms with Gasteiger partial charge in [-0.25, -0.2) is 20.6 Å². The van der Waals surface area contributed by atoms with Crippen LogP contribution in [0.4, 0.5) is 16.3 Å². The third-order valence-electron chi connectivity index (χ3n) is 4.53. The van der Waals surface area contributed by atoms with Crippen molar-refractivity contribution >= 4 is 34.5 Å². The molecule has 4 rings (SSSR count). The van der Waals surface area contributed by atoms with Crippen molar-refractivity contribution in [1.29, 1.82) is 0 Å². The number of nitrogens with one attached hydrogen (secondary N) is 1. The Morgan fingerprint density at radius 1 is 1.03 bits per heavy atom. The van der Waals surface area contributed by atoms with Gasteiger partial charge >= 0.3 is 6.03 Å². The SMILES string of the molecule is COCC(=O)N(N)C(=O)n1ccc2c(Nc3ccc(Oc4ccccc4)cc3)ncnc21. The van der Waals surface area contributed by atoms with Crippen molar-refractivity contribution in [1.82, 2.24) is 19.5 Å². The normalized spacial score (nSPS) is 10.7. The summed E-state index contributed by atoms with van der Waals surface area (Å²) >= 11 is 0. The first-order valence-electron chi connectivity index (χ1n) is 9.60. The van der Waals surface area contributed by atoms with E-state index in [0.717, 1.165) is 11.4 Å². The van der Waals surface area contributed by atoms with Gasteiger partial charge in [0.2, 0.25) is 0 Å². The first-order chi connectivity index (χ1) is 15.6. The third kappa shape index (κ3) is 4.41. The summed E-state index contributed by atoms with van der Waals surface area (Å²) in [5, 5.41) is 4.27. The maximum Gasteiger partial charge on any atom is 0.351 e. The fourth-order valence-electron chi connectivity index (χ4n) is 2.99. The van der Waals surface area contributed by atoms with Crippen LogP contribution in [0.1, 0.15) is 0 Å². The summed E-state index contributed by atoms with van der Waals surface area (Å²) in [5.41, 5.74) is 1.07. The number of fused-ring (bicyclic) bond motifs is 1. The number of hydrogen-bond donors (Lipinski definition) is 2. The number of hydrazine groups is 1. The highest BCUT2D eigenvalue weighted by Gasteiger charge is 2.22. The zero-order valence-corrected chi connectivity index (χ0v) is 17.1. The van der Waals surface area contributed by atoms with Gasteiger partial charge in [-0.15, -0.1) is 0 Å². The van der Waals surface area contributed by atoms with Gasteiger partial charge in [0.15, 0.2) is 5.65 Å². The zero-order chi connectivity index (χ0) is 22.5. The minimum Gasteiger partial charge on any atom is -0.457 e. The van der Waals surface area contributed by atoms with Crippen molar-refractivity contribution in [3.63, 3.8) is 0 Å². The lowest BCUT2D eigenvalue weighted by Crippen LogP contribution is -2.46. The summed E-state index contributed by atoms with van der Waals surface area (Å²) in [7, 11) is 1.34. The van der Waals surface area contributed by atoms with Gasteiger partial charge in [0.25, 0.3) is 5.91 Å². The molecule has 0 saturated carbocycles. The third-order valence-corrected chi connectivity index (χ3v) is 4.53. The van der Waals surface area contributed by atoms with Gasteiger partial charge < -0.3 is 14.8 Å². The largest absolute Gasteiger partial charge is 0.457 e. The molecule has 2 aromatic heterocycles. The molecule has 0 atom stereocenters. The van der Waals surface area contributed by atoms with Crippen LogP contribution in [0.15, 0.2) is 73.2 Å². The number of hydrogen-bond acceptors (Lipinski definition) is 8. The van der Waals surface area contributed by atoms with Crippen molar-refractivity contribution in [3.05, 3.63) is 73.2 Å². The highest BCUT2D eigenvalue weighted by atomic mass is 16.5. The summed E-state index contributed by atoms with van der Waals surface area (Å²) in [6.07, 6.45) is 2.79. The van der Waals surface area contributed by atoms with E-state index in [1.165, 1.54) is 24.2 Å². The number of amides is 2. The van der Waals surface area contributed by atoms with Crippen LogP contribution in [0.2, 0.25) is 0 Å². The van der Waals surface area contributed by atoms with E-state index in [4.69, 9.17) is 15.3 Å². The number of nitrogens with two attached hydrogens (primary N) is 1. The predicted molar refractivity (Wildman–Crippen MR) is 117 cm³/mol. The quantitative estimate of drug-likeness (QED) is 0.270. The fourth-order valence-corrected chi connectivity index (χ4v) is 2.99. The Labute approximate surface area is 183 Å². The van der Waals surface area contributed by atoms with E-state index in [1.807, 2.05) is 54.6 Å². The molecule has 162 valence electrons. The minimum atomic E-state index is -0.755. The number of nitrogens with zero attached hydrogens (tertiary/aromatic N) is 4. The number of benzene rings is 2. The maximum atomic E-state index is 12.6. The topological polar surface area (TPSA) is 125 Å². The first-order valence-corrected chi connectivity index (χ1v) is 9.60. The van der Waals surface area contributed by atoms with Crippen LogP contribution in [-0.2, 0) is 9.53 Å². The lowest BCUT2D eigenvalue weighted by Gasteiger charge is -2.15. The van der Waals surface area contributed by atoms with Gasteiger partial charge in [-0.3, -0.25) is 9.36 Å². The molecule has 0 aliphatic heterocycles. The number of rotatable bonds is 6. The van der Waals surface area contributed by atoms with Gasteiger partial charge in [0.05, 0.1) is 5.39 Å². The monoisotopic (exact) mass is 432 g/mol. The molecule has 2 heterocycles. The second-order valence-electron chi connectivity index (χ2n) is 6.69. The average molecular weight is 432 g/mol. The number of aromatic nitrogens is 3. The fraction of sp³-hybridized carbons (Fsp3) is 0.0909. The molecule has 2 amide bonds. The number of methoxy groups -OCH3 is 1. The van der Waals surface area contributed by atoms with Crippen molar-refractivity contribution in [2.75, 3.05) is 19.0 Å². The van der Waals surface area contributed by atoms with Gasteiger partial charge in [-0.1, -0.05) is 18.2 Å². The standard InChI is InChI=1S/C22H20N6O4/c1-31-13-19(29)28(23)22(30)27-12-11-18-20(24-14-25-21(18)27)26-15-7-9-17(10-8-15)32-16-5-3-2-4-6-16/h2-12,14H,13,23H2,1H3,(H,24,25,26). The molecule has 0 aliphatic rings. The number of imide groups is 1. The molecule has 0 bridgehead atoms. The van der Waals surface area contributed by atoms with Crippen LogP contribution in [-0.4, -0.2) is 45.2 Å². The van der Waals surface area contributed by atoms with E-state index in [2.05, 4.69) is 15.3 Å². The zero-order valence-electron chi connectivity index (χ0n) is 17.1. The molecule has 0 radical (unpaired) electrons. The summed E-state index contributed by atoms with van der Waals surface area (Å²) in [6.45, 7) is -0.312. The van der Waals surface area contributed by atoms with E-state index >= 15 is 0 Å². The van der Waals surface area contributed by atoms with Crippen molar-refractivity contribution in [2.24, 2.45) is 5.84 Å². The van der Waals surface area contributed by atoms with Crippen molar-refractivity contribution < 1.29 is 19.1 Å². The smallest absolute Gasteiger partial charge is 0.351 e. The van der Waals surface area contributed by atoms with E-state index in [0.29, 0.717) is 27.6 Å². The van der Waals surface area contributed by atoms with Crippen LogP contribution >= 0.6 is 0 Å². The van der Waals surface area contributed by atoms with Gasteiger partial charge in [-0.2, -0.15) is 5.01 Å². The second kappa shape index (κ2) is 9.25. The molecule has 32 heavy (non-hydrogen) atoms. The van der Waals surface area contributed by atoms with Crippen LogP contribution in [0, 0.1) is 0 Å². The Morgan fingerprint density at radius 3 is 2.47 bits per heavy atom. The summed E-state index contributed by atoms with van der Waals surface area (Å²) in [6, 6.07) is 17.7. The molecule has 0 aliphatic carbocycles. The van der Waals surface area contributed by atoms with Crippen LogP contribution < -0.4 is 15.9 Å². The molecular weight excluding hydrogens is 412 g/mol. The van der Waals surface area contributed by atoms with Gasteiger partial charge in [0.1, 0.15) is 30.3 Å². The second-order valence-corrected chi connectivity index (χ2v) is 6.69. The first kappa shape index (κ1) is 21.0. The summed E-state index contributed by atoms with van der Waals surface area (Å²) in [4.78, 5) is 32.9. The minimum absolute atomic E-state index is 0.303. The van der Waals surface area contributed by atoms with E-state index in [1.54, 1.807) is 6.07 Å². The Bertz CT molecular complexity index is 1240. The number of ether oxygens (including phenoxy) is 2. The van der Waals surface area contributed by atoms with Crippen LogP contribution in [0.3, 0.4) is 0 Å². The summed E-state index contributed by atoms with van der Waals surface area (Å²) < 4.78 is 11.7. The Morgan fingerprint density at radius 2 is 1.75 bits per heavy atom. The lowest BCUT2D eigenvalue weighted by molar-refractivity contribution is -0.132. The molecule has 10 nitrogen and oxygen atoms in total. The molecule has 0 spiro atoms. The van der Waals surface area contributed by atoms with E-state index in [-0.39, 0.29) is 6.61 Å². The number of carbonyl (C=O) groups is 2. The van der Waals surface area contributed by atoms with Crippen LogP contribution in [0.25, 0.3) is 11.0 Å². The highest BCUT2D eigenvalue weighted by Crippen LogP contribution is 2.27. The molecule has 0 unspecified atom stereocenters. The average Bonchev–Trinajstić information content (AvgIpc) is 3.25. The molecular formula is C22H20N6O4. The van der Waals surface area contributed by atoms with Gasteiger partial charge in [0, 0.05) is 19.0 Å². The molecule has 10 heteroatoms.